The zero-order valence-electron chi connectivity index (χ0n) is 13.8. The molecule has 4 rings (SSSR count). The molecular formula is C21H16FNO2S. The average molecular weight is 365 g/mol. The van der Waals surface area contributed by atoms with Crippen LogP contribution in [0, 0.1) is 5.82 Å². The number of hydrogen-bond donors (Lipinski definition) is 0. The maximum absolute atomic E-state index is 14.2. The van der Waals surface area contributed by atoms with E-state index in [1.807, 2.05) is 54.6 Å². The molecule has 0 N–H and O–H groups in total. The summed E-state index contributed by atoms with van der Waals surface area (Å²) in [5, 5.41) is -0.279. The van der Waals surface area contributed by atoms with Crippen molar-refractivity contribution < 1.29 is 13.9 Å². The van der Waals surface area contributed by atoms with Crippen LogP contribution in [-0.4, -0.2) is 11.7 Å². The standard InChI is InChI=1S/C21H16FNO2S/c22-18-11-4-5-12-19(18)23-20(24)14-26-21(23)15-7-6-10-17(13-15)25-16-8-2-1-3-9-16/h1-13,21H,14H2/t21-/m0/s1. The lowest BCUT2D eigenvalue weighted by Gasteiger charge is -2.25. The molecule has 1 heterocycles. The maximum Gasteiger partial charge on any atom is 0.238 e. The largest absolute Gasteiger partial charge is 0.457 e. The third-order valence-corrected chi connectivity index (χ3v) is 5.31. The van der Waals surface area contributed by atoms with Crippen molar-refractivity contribution in [2.45, 2.75) is 5.37 Å². The van der Waals surface area contributed by atoms with Crippen molar-refractivity contribution in [3.05, 3.63) is 90.2 Å². The van der Waals surface area contributed by atoms with E-state index in [9.17, 15) is 9.18 Å². The first-order chi connectivity index (χ1) is 12.7. The number of ether oxygens (including phenoxy) is 1. The summed E-state index contributed by atoms with van der Waals surface area (Å²) in [6, 6.07) is 23.5. The number of amides is 1. The van der Waals surface area contributed by atoms with Crippen molar-refractivity contribution in [3.63, 3.8) is 0 Å². The number of anilines is 1. The van der Waals surface area contributed by atoms with Gasteiger partial charge in [-0.05, 0) is 42.0 Å². The molecule has 1 atom stereocenters. The predicted molar refractivity (Wildman–Crippen MR) is 102 cm³/mol. The van der Waals surface area contributed by atoms with E-state index in [-0.39, 0.29) is 11.3 Å². The monoisotopic (exact) mass is 365 g/mol. The predicted octanol–water partition coefficient (Wildman–Crippen LogP) is 5.40. The summed E-state index contributed by atoms with van der Waals surface area (Å²) in [6.07, 6.45) is 0. The molecule has 1 saturated heterocycles. The zero-order chi connectivity index (χ0) is 17.9. The Kier molecular flexibility index (Phi) is 4.63. The number of halogens is 1. The number of carbonyl (C=O) groups excluding carboxylic acids is 1. The smallest absolute Gasteiger partial charge is 0.238 e. The Morgan fingerprint density at radius 1 is 0.923 bits per heavy atom. The summed E-state index contributed by atoms with van der Waals surface area (Å²) in [5.41, 5.74) is 1.21. The number of rotatable bonds is 4. The van der Waals surface area contributed by atoms with Crippen molar-refractivity contribution >= 4 is 23.4 Å². The molecule has 1 aliphatic rings. The number of carbonyl (C=O) groups is 1. The third kappa shape index (κ3) is 3.30. The molecule has 1 amide bonds. The fourth-order valence-electron chi connectivity index (χ4n) is 2.93. The van der Waals surface area contributed by atoms with Gasteiger partial charge in [-0.2, -0.15) is 0 Å². The Balaban J connectivity index is 1.65. The summed E-state index contributed by atoms with van der Waals surface area (Å²) in [7, 11) is 0. The maximum atomic E-state index is 14.2. The molecule has 0 radical (unpaired) electrons. The number of nitrogens with zero attached hydrogens (tertiary/aromatic N) is 1. The molecule has 3 aromatic rings. The van der Waals surface area contributed by atoms with E-state index in [0.717, 1.165) is 11.3 Å². The normalized spacial score (nSPS) is 16.7. The van der Waals surface area contributed by atoms with Crippen LogP contribution in [-0.2, 0) is 4.79 Å². The third-order valence-electron chi connectivity index (χ3n) is 4.10. The van der Waals surface area contributed by atoms with Gasteiger partial charge < -0.3 is 4.74 Å². The van der Waals surface area contributed by atoms with Gasteiger partial charge in [0.25, 0.3) is 0 Å². The van der Waals surface area contributed by atoms with E-state index in [1.165, 1.54) is 22.7 Å². The summed E-state index contributed by atoms with van der Waals surface area (Å²) in [6.45, 7) is 0. The van der Waals surface area contributed by atoms with Gasteiger partial charge in [0.05, 0.1) is 11.4 Å². The van der Waals surface area contributed by atoms with Gasteiger partial charge in [0.1, 0.15) is 22.7 Å². The highest BCUT2D eigenvalue weighted by atomic mass is 32.2. The molecule has 0 aliphatic carbocycles. The number of thioether (sulfide) groups is 1. The highest BCUT2D eigenvalue weighted by Crippen LogP contribution is 2.43. The molecule has 3 aromatic carbocycles. The van der Waals surface area contributed by atoms with Crippen molar-refractivity contribution in [2.75, 3.05) is 10.7 Å². The van der Waals surface area contributed by atoms with E-state index in [2.05, 4.69) is 0 Å². The Hall–Kier alpha value is -2.79. The van der Waals surface area contributed by atoms with Crippen LogP contribution in [0.25, 0.3) is 0 Å². The van der Waals surface area contributed by atoms with Crippen LogP contribution in [0.5, 0.6) is 11.5 Å². The van der Waals surface area contributed by atoms with Gasteiger partial charge in [0.15, 0.2) is 0 Å². The molecular weight excluding hydrogens is 349 g/mol. The summed E-state index contributed by atoms with van der Waals surface area (Å²) in [4.78, 5) is 13.9. The number of hydrogen-bond acceptors (Lipinski definition) is 3. The highest BCUT2D eigenvalue weighted by molar-refractivity contribution is 8.00. The molecule has 0 aromatic heterocycles. The van der Waals surface area contributed by atoms with Gasteiger partial charge in [0.2, 0.25) is 5.91 Å². The fourth-order valence-corrected chi connectivity index (χ4v) is 4.09. The van der Waals surface area contributed by atoms with Gasteiger partial charge in [-0.15, -0.1) is 11.8 Å². The van der Waals surface area contributed by atoms with Crippen LogP contribution in [0.15, 0.2) is 78.9 Å². The molecule has 0 unspecified atom stereocenters. The van der Waals surface area contributed by atoms with Crippen LogP contribution >= 0.6 is 11.8 Å². The van der Waals surface area contributed by atoms with E-state index >= 15 is 0 Å². The SMILES string of the molecule is O=C1CS[C@@H](c2cccc(Oc3ccccc3)c2)N1c1ccccc1F. The minimum absolute atomic E-state index is 0.0977. The van der Waals surface area contributed by atoms with Gasteiger partial charge in [0, 0.05) is 0 Å². The molecule has 1 fully saturated rings. The van der Waals surface area contributed by atoms with E-state index in [4.69, 9.17) is 4.74 Å². The first kappa shape index (κ1) is 16.7. The van der Waals surface area contributed by atoms with Crippen LogP contribution in [0.4, 0.5) is 10.1 Å². The number of benzene rings is 3. The second kappa shape index (κ2) is 7.22. The van der Waals surface area contributed by atoms with Crippen molar-refractivity contribution in [1.29, 1.82) is 0 Å². The lowest BCUT2D eigenvalue weighted by atomic mass is 10.1. The molecule has 0 saturated carbocycles. The van der Waals surface area contributed by atoms with Crippen LogP contribution in [0.2, 0.25) is 0 Å². The number of para-hydroxylation sites is 2. The summed E-state index contributed by atoms with van der Waals surface area (Å²) in [5.74, 6) is 1.25. The fraction of sp³-hybridized carbons (Fsp3) is 0.0952. The van der Waals surface area contributed by atoms with Crippen molar-refractivity contribution in [1.82, 2.24) is 0 Å². The topological polar surface area (TPSA) is 29.5 Å². The summed E-state index contributed by atoms with van der Waals surface area (Å²) >= 11 is 1.48. The first-order valence-corrected chi connectivity index (χ1v) is 9.28. The van der Waals surface area contributed by atoms with E-state index in [0.29, 0.717) is 17.2 Å². The van der Waals surface area contributed by atoms with Crippen LogP contribution in [0.3, 0.4) is 0 Å². The van der Waals surface area contributed by atoms with Gasteiger partial charge >= 0.3 is 0 Å². The Bertz CT molecular complexity index is 932. The molecule has 3 nitrogen and oxygen atoms in total. The molecule has 26 heavy (non-hydrogen) atoms. The lowest BCUT2D eigenvalue weighted by molar-refractivity contribution is -0.115. The minimum Gasteiger partial charge on any atom is -0.457 e. The van der Waals surface area contributed by atoms with Crippen molar-refractivity contribution in [2.24, 2.45) is 0 Å². The van der Waals surface area contributed by atoms with Gasteiger partial charge in [-0.25, -0.2) is 4.39 Å². The Morgan fingerprint density at radius 3 is 2.46 bits per heavy atom. The second-order valence-corrected chi connectivity index (χ2v) is 6.93. The summed E-state index contributed by atoms with van der Waals surface area (Å²) < 4.78 is 20.1. The molecule has 0 bridgehead atoms. The minimum atomic E-state index is -0.398. The van der Waals surface area contributed by atoms with Gasteiger partial charge in [-0.3, -0.25) is 9.69 Å². The lowest BCUT2D eigenvalue weighted by Crippen LogP contribution is -2.28. The van der Waals surface area contributed by atoms with E-state index < -0.39 is 5.82 Å². The molecule has 1 aliphatic heterocycles. The quantitative estimate of drug-likeness (QED) is 0.620. The molecule has 5 heteroatoms. The highest BCUT2D eigenvalue weighted by Gasteiger charge is 2.35. The Labute approximate surface area is 155 Å². The van der Waals surface area contributed by atoms with Crippen LogP contribution < -0.4 is 9.64 Å². The molecule has 0 spiro atoms. The van der Waals surface area contributed by atoms with Crippen molar-refractivity contribution in [3.8, 4) is 11.5 Å². The Morgan fingerprint density at radius 2 is 1.65 bits per heavy atom. The second-order valence-electron chi connectivity index (χ2n) is 5.87. The van der Waals surface area contributed by atoms with Gasteiger partial charge in [-0.1, -0.05) is 42.5 Å². The first-order valence-electron chi connectivity index (χ1n) is 8.23. The average Bonchev–Trinajstić information content (AvgIpc) is 3.05. The van der Waals surface area contributed by atoms with E-state index in [1.54, 1.807) is 18.2 Å². The zero-order valence-corrected chi connectivity index (χ0v) is 14.7. The molecule has 130 valence electrons. The van der Waals surface area contributed by atoms with Crippen LogP contribution in [0.1, 0.15) is 10.9 Å².